The summed E-state index contributed by atoms with van der Waals surface area (Å²) in [6.45, 7) is 2.21. The lowest BCUT2D eigenvalue weighted by molar-refractivity contribution is 0.304. The van der Waals surface area contributed by atoms with Crippen LogP contribution in [0.4, 0.5) is 0 Å². The number of rotatable bonds is 5. The van der Waals surface area contributed by atoms with Gasteiger partial charge in [-0.2, -0.15) is 10.5 Å². The van der Waals surface area contributed by atoms with E-state index in [4.69, 9.17) is 16.3 Å². The molecule has 32 heavy (non-hydrogen) atoms. The van der Waals surface area contributed by atoms with Gasteiger partial charge in [-0.05, 0) is 70.4 Å². The van der Waals surface area contributed by atoms with Crippen molar-refractivity contribution >= 4 is 50.2 Å². The summed E-state index contributed by atoms with van der Waals surface area (Å²) in [5.41, 5.74) is 5.22. The van der Waals surface area contributed by atoms with Crippen LogP contribution in [0.1, 0.15) is 28.1 Å². The molecule has 5 nitrogen and oxygen atoms in total. The second kappa shape index (κ2) is 9.28. The molecule has 156 valence electrons. The SMILES string of the molecule is Cc1ccc2nc(/C(C#N)=C\c3cc(Cl)c(OCc4ccccc4C#N)c(Br)c3)[nH]c2c1. The minimum atomic E-state index is 0.207. The molecule has 1 aromatic heterocycles. The number of nitriles is 2. The Balaban J connectivity index is 1.62. The second-order valence-electron chi connectivity index (χ2n) is 7.15. The number of nitrogens with one attached hydrogen (secondary N) is 1. The number of aromatic amines is 1. The number of allylic oxidation sites excluding steroid dienone is 1. The first-order valence-electron chi connectivity index (χ1n) is 9.67. The highest BCUT2D eigenvalue weighted by molar-refractivity contribution is 9.10. The quantitative estimate of drug-likeness (QED) is 0.303. The lowest BCUT2D eigenvalue weighted by atomic mass is 10.1. The minimum Gasteiger partial charge on any atom is -0.486 e. The molecule has 0 spiro atoms. The number of nitrogens with zero attached hydrogens (tertiary/aromatic N) is 3. The monoisotopic (exact) mass is 502 g/mol. The molecule has 0 fully saturated rings. The number of ether oxygens (including phenoxy) is 1. The lowest BCUT2D eigenvalue weighted by Crippen LogP contribution is -1.99. The van der Waals surface area contributed by atoms with Crippen LogP contribution in [0.5, 0.6) is 5.75 Å². The number of benzene rings is 3. The topological polar surface area (TPSA) is 85.5 Å². The molecule has 0 aliphatic heterocycles. The van der Waals surface area contributed by atoms with E-state index in [0.717, 1.165) is 27.7 Å². The minimum absolute atomic E-state index is 0.207. The molecule has 0 atom stereocenters. The van der Waals surface area contributed by atoms with E-state index in [1.54, 1.807) is 18.2 Å². The Bertz CT molecular complexity index is 1420. The first kappa shape index (κ1) is 21.6. The third kappa shape index (κ3) is 4.53. The number of H-pyrrole nitrogens is 1. The van der Waals surface area contributed by atoms with E-state index < -0.39 is 0 Å². The Labute approximate surface area is 198 Å². The van der Waals surface area contributed by atoms with Crippen molar-refractivity contribution in [1.29, 1.82) is 10.5 Å². The number of imidazole rings is 1. The zero-order chi connectivity index (χ0) is 22.7. The van der Waals surface area contributed by atoms with Gasteiger partial charge in [0.15, 0.2) is 5.75 Å². The molecule has 0 amide bonds. The van der Waals surface area contributed by atoms with Gasteiger partial charge in [0.1, 0.15) is 18.5 Å². The Morgan fingerprint density at radius 2 is 2.00 bits per heavy atom. The maximum absolute atomic E-state index is 9.70. The van der Waals surface area contributed by atoms with Crippen molar-refractivity contribution in [2.24, 2.45) is 0 Å². The molecular formula is C25H16BrClN4O. The van der Waals surface area contributed by atoms with Gasteiger partial charge >= 0.3 is 0 Å². The molecule has 0 aliphatic carbocycles. The number of hydrogen-bond acceptors (Lipinski definition) is 4. The summed E-state index contributed by atoms with van der Waals surface area (Å²) >= 11 is 9.97. The Morgan fingerprint density at radius 1 is 1.19 bits per heavy atom. The molecule has 4 aromatic rings. The van der Waals surface area contributed by atoms with Crippen molar-refractivity contribution in [3.05, 3.63) is 92.2 Å². The summed E-state index contributed by atoms with van der Waals surface area (Å²) in [6.07, 6.45) is 1.72. The maximum atomic E-state index is 9.70. The largest absolute Gasteiger partial charge is 0.486 e. The normalized spacial score (nSPS) is 11.2. The van der Waals surface area contributed by atoms with E-state index >= 15 is 0 Å². The fourth-order valence-electron chi connectivity index (χ4n) is 3.28. The van der Waals surface area contributed by atoms with Gasteiger partial charge in [-0.1, -0.05) is 35.9 Å². The highest BCUT2D eigenvalue weighted by atomic mass is 79.9. The van der Waals surface area contributed by atoms with Gasteiger partial charge in [0.05, 0.1) is 37.7 Å². The summed E-state index contributed by atoms with van der Waals surface area (Å²) in [7, 11) is 0. The highest BCUT2D eigenvalue weighted by Gasteiger charge is 2.13. The number of fused-ring (bicyclic) bond motifs is 1. The van der Waals surface area contributed by atoms with E-state index in [0.29, 0.717) is 32.2 Å². The van der Waals surface area contributed by atoms with Crippen LogP contribution in [0.2, 0.25) is 5.02 Å². The van der Waals surface area contributed by atoms with Crippen molar-refractivity contribution in [2.45, 2.75) is 13.5 Å². The van der Waals surface area contributed by atoms with Crippen LogP contribution in [0.3, 0.4) is 0 Å². The molecule has 0 saturated carbocycles. The maximum Gasteiger partial charge on any atom is 0.152 e. The predicted molar refractivity (Wildman–Crippen MR) is 129 cm³/mol. The van der Waals surface area contributed by atoms with Gasteiger partial charge in [0.2, 0.25) is 0 Å². The number of hydrogen-bond donors (Lipinski definition) is 1. The predicted octanol–water partition coefficient (Wildman–Crippen LogP) is 6.80. The fraction of sp³-hybridized carbons (Fsp3) is 0.0800. The van der Waals surface area contributed by atoms with Crippen molar-refractivity contribution in [1.82, 2.24) is 9.97 Å². The first-order valence-corrected chi connectivity index (χ1v) is 10.8. The smallest absolute Gasteiger partial charge is 0.152 e. The molecule has 0 saturated heterocycles. The molecule has 0 aliphatic rings. The average Bonchev–Trinajstić information content (AvgIpc) is 3.20. The first-order chi connectivity index (χ1) is 15.5. The summed E-state index contributed by atoms with van der Waals surface area (Å²) in [5.74, 6) is 0.961. The van der Waals surface area contributed by atoms with E-state index in [1.807, 2.05) is 49.4 Å². The van der Waals surface area contributed by atoms with Crippen molar-refractivity contribution in [3.8, 4) is 17.9 Å². The van der Waals surface area contributed by atoms with Gasteiger partial charge in [0.25, 0.3) is 0 Å². The van der Waals surface area contributed by atoms with Crippen LogP contribution in [0.15, 0.2) is 59.1 Å². The van der Waals surface area contributed by atoms with Gasteiger partial charge < -0.3 is 9.72 Å². The molecule has 1 heterocycles. The van der Waals surface area contributed by atoms with E-state index in [2.05, 4.69) is 38.0 Å². The van der Waals surface area contributed by atoms with Crippen LogP contribution in [-0.4, -0.2) is 9.97 Å². The molecule has 0 radical (unpaired) electrons. The third-order valence-corrected chi connectivity index (χ3v) is 5.72. The fourth-order valence-corrected chi connectivity index (χ4v) is 4.27. The number of halogens is 2. The van der Waals surface area contributed by atoms with E-state index in [-0.39, 0.29) is 6.61 Å². The van der Waals surface area contributed by atoms with Crippen molar-refractivity contribution in [3.63, 3.8) is 0 Å². The van der Waals surface area contributed by atoms with E-state index in [1.165, 1.54) is 0 Å². The van der Waals surface area contributed by atoms with Gasteiger partial charge in [-0.3, -0.25) is 0 Å². The molecule has 7 heteroatoms. The molecule has 1 N–H and O–H groups in total. The van der Waals surface area contributed by atoms with Crippen LogP contribution in [0.25, 0.3) is 22.7 Å². The van der Waals surface area contributed by atoms with Gasteiger partial charge in [-0.25, -0.2) is 4.98 Å². The standard InChI is InChI=1S/C25H16BrClN4O/c1-15-6-7-22-23(8-15)31-25(30-22)19(13-29)9-16-10-20(26)24(21(27)11-16)32-14-18-5-3-2-4-17(18)12-28/h2-11H,14H2,1H3,(H,30,31)/b19-9-. The molecule has 4 rings (SSSR count). The van der Waals surface area contributed by atoms with Crippen LogP contribution in [0, 0.1) is 29.6 Å². The second-order valence-corrected chi connectivity index (χ2v) is 8.41. The van der Waals surface area contributed by atoms with Crippen LogP contribution >= 0.6 is 27.5 Å². The summed E-state index contributed by atoms with van der Waals surface area (Å²) in [4.78, 5) is 7.72. The van der Waals surface area contributed by atoms with Crippen molar-refractivity contribution < 1.29 is 4.74 Å². The van der Waals surface area contributed by atoms with Gasteiger partial charge in [-0.15, -0.1) is 0 Å². The molecule has 0 bridgehead atoms. The Hall–Kier alpha value is -3.58. The van der Waals surface area contributed by atoms with E-state index in [9.17, 15) is 10.5 Å². The highest BCUT2D eigenvalue weighted by Crippen LogP contribution is 2.36. The summed E-state index contributed by atoms with van der Waals surface area (Å²) in [5, 5.41) is 19.3. The zero-order valence-corrected chi connectivity index (χ0v) is 19.3. The summed E-state index contributed by atoms with van der Waals surface area (Å²) in [6, 6.07) is 21.0. The Kier molecular flexibility index (Phi) is 6.28. The van der Waals surface area contributed by atoms with Crippen LogP contribution < -0.4 is 4.74 Å². The van der Waals surface area contributed by atoms with Crippen LogP contribution in [-0.2, 0) is 6.61 Å². The van der Waals surface area contributed by atoms with Gasteiger partial charge in [0, 0.05) is 5.56 Å². The number of aromatic nitrogens is 2. The average molecular weight is 504 g/mol. The van der Waals surface area contributed by atoms with Crippen molar-refractivity contribution in [2.75, 3.05) is 0 Å². The molecule has 0 unspecified atom stereocenters. The lowest BCUT2D eigenvalue weighted by Gasteiger charge is -2.12. The molecule has 3 aromatic carbocycles. The summed E-state index contributed by atoms with van der Waals surface area (Å²) < 4.78 is 6.53. The Morgan fingerprint density at radius 3 is 2.75 bits per heavy atom. The third-order valence-electron chi connectivity index (χ3n) is 4.85. The zero-order valence-electron chi connectivity index (χ0n) is 17.0. The number of aryl methyl sites for hydroxylation is 1. The molecular weight excluding hydrogens is 488 g/mol.